The minimum atomic E-state index is -0.964. The van der Waals surface area contributed by atoms with E-state index in [2.05, 4.69) is 13.0 Å². The van der Waals surface area contributed by atoms with E-state index in [1.54, 1.807) is 0 Å². The van der Waals surface area contributed by atoms with Crippen molar-refractivity contribution >= 4 is 5.97 Å². The third-order valence-electron chi connectivity index (χ3n) is 5.78. The molecule has 0 heterocycles. The zero-order valence-electron chi connectivity index (χ0n) is 16.5. The van der Waals surface area contributed by atoms with E-state index in [1.807, 2.05) is 25.2 Å². The van der Waals surface area contributed by atoms with Crippen molar-refractivity contribution in [2.75, 3.05) is 13.2 Å². The van der Waals surface area contributed by atoms with Crippen LogP contribution in [0.5, 0.6) is 0 Å². The summed E-state index contributed by atoms with van der Waals surface area (Å²) >= 11 is 0. The molecular formula is C22H34O5. The van der Waals surface area contributed by atoms with Gasteiger partial charge in [-0.25, -0.2) is 4.79 Å². The fourth-order valence-electron chi connectivity index (χ4n) is 4.32. The molecule has 5 heteroatoms. The molecule has 0 bridgehead atoms. The summed E-state index contributed by atoms with van der Waals surface area (Å²) < 4.78 is 5.25. The minimum absolute atomic E-state index is 0.0580. The Bertz CT molecular complexity index is 577. The second-order valence-electron chi connectivity index (χ2n) is 7.75. The third kappa shape index (κ3) is 6.30. The first-order valence-electron chi connectivity index (χ1n) is 10.2. The number of aliphatic hydroxyl groups is 2. The van der Waals surface area contributed by atoms with Gasteiger partial charge in [-0.3, -0.25) is 0 Å². The second-order valence-corrected chi connectivity index (χ2v) is 7.75. The van der Waals surface area contributed by atoms with Gasteiger partial charge in [-0.05, 0) is 49.2 Å². The minimum Gasteiger partial charge on any atom is -0.480 e. The SMILES string of the molecule is CC=C(COCC(=O)O)C1=CC2CC(O)C(C=CC(O)CCCCC)C2C1. The number of carbonyl (C=O) groups is 1. The van der Waals surface area contributed by atoms with Crippen LogP contribution in [0.1, 0.15) is 52.4 Å². The molecule has 0 aromatic carbocycles. The lowest BCUT2D eigenvalue weighted by molar-refractivity contribution is -0.141. The number of aliphatic carboxylic acids is 1. The highest BCUT2D eigenvalue weighted by molar-refractivity contribution is 5.68. The lowest BCUT2D eigenvalue weighted by Gasteiger charge is -2.19. The van der Waals surface area contributed by atoms with Crippen molar-refractivity contribution in [1.29, 1.82) is 0 Å². The van der Waals surface area contributed by atoms with Gasteiger partial charge in [0.15, 0.2) is 0 Å². The predicted molar refractivity (Wildman–Crippen MR) is 105 cm³/mol. The van der Waals surface area contributed by atoms with Crippen molar-refractivity contribution in [3.8, 4) is 0 Å². The Morgan fingerprint density at radius 1 is 1.37 bits per heavy atom. The maximum atomic E-state index is 10.6. The predicted octanol–water partition coefficient (Wildman–Crippen LogP) is 3.47. The molecule has 2 aliphatic carbocycles. The van der Waals surface area contributed by atoms with Gasteiger partial charge in [0.2, 0.25) is 0 Å². The fraction of sp³-hybridized carbons (Fsp3) is 0.682. The fourth-order valence-corrected chi connectivity index (χ4v) is 4.32. The average Bonchev–Trinajstić information content (AvgIpc) is 3.14. The van der Waals surface area contributed by atoms with E-state index in [0.717, 1.165) is 44.1 Å². The van der Waals surface area contributed by atoms with Crippen LogP contribution >= 0.6 is 0 Å². The quantitative estimate of drug-likeness (QED) is 0.378. The first-order valence-corrected chi connectivity index (χ1v) is 10.2. The maximum Gasteiger partial charge on any atom is 0.329 e. The Morgan fingerprint density at radius 2 is 2.15 bits per heavy atom. The normalized spacial score (nSPS) is 29.2. The number of ether oxygens (including phenoxy) is 1. The van der Waals surface area contributed by atoms with Gasteiger partial charge in [0, 0.05) is 5.92 Å². The molecule has 2 rings (SSSR count). The molecule has 5 unspecified atom stereocenters. The Morgan fingerprint density at radius 3 is 2.81 bits per heavy atom. The molecule has 1 saturated carbocycles. The van der Waals surface area contributed by atoms with Crippen molar-refractivity contribution in [3.63, 3.8) is 0 Å². The molecule has 0 spiro atoms. The molecule has 0 aliphatic heterocycles. The van der Waals surface area contributed by atoms with E-state index in [1.165, 1.54) is 5.57 Å². The van der Waals surface area contributed by atoms with Crippen molar-refractivity contribution in [2.45, 2.75) is 64.6 Å². The Kier molecular flexibility index (Phi) is 8.74. The van der Waals surface area contributed by atoms with Gasteiger partial charge in [-0.15, -0.1) is 0 Å². The molecule has 0 radical (unpaired) electrons. The third-order valence-corrected chi connectivity index (χ3v) is 5.78. The lowest BCUT2D eigenvalue weighted by atomic mass is 9.88. The number of carboxylic acids is 1. The molecule has 0 aromatic rings. The summed E-state index contributed by atoms with van der Waals surface area (Å²) in [6, 6.07) is 0. The van der Waals surface area contributed by atoms with Gasteiger partial charge in [-0.1, -0.05) is 50.5 Å². The Hall–Kier alpha value is -1.43. The summed E-state index contributed by atoms with van der Waals surface area (Å²) in [6.45, 7) is 4.09. The molecule has 0 amide bonds. The molecule has 0 aromatic heterocycles. The standard InChI is InChI=1S/C22H34O5/c1-3-5-6-7-18(23)8-9-19-20-11-16(10-17(20)12-21(19)24)15(4-2)13-27-14-22(25)26/h4,8-10,17-21,23-24H,3,5-7,11-14H2,1-2H3,(H,25,26). The number of rotatable bonds is 11. The van der Waals surface area contributed by atoms with Crippen molar-refractivity contribution in [1.82, 2.24) is 0 Å². The average molecular weight is 379 g/mol. The summed E-state index contributed by atoms with van der Waals surface area (Å²) in [6.07, 6.45) is 12.9. The van der Waals surface area contributed by atoms with Crippen LogP contribution in [0.4, 0.5) is 0 Å². The van der Waals surface area contributed by atoms with E-state index in [9.17, 15) is 15.0 Å². The summed E-state index contributed by atoms with van der Waals surface area (Å²) in [4.78, 5) is 10.6. The van der Waals surface area contributed by atoms with Gasteiger partial charge in [0.25, 0.3) is 0 Å². The highest BCUT2D eigenvalue weighted by Gasteiger charge is 2.43. The molecule has 3 N–H and O–H groups in total. The van der Waals surface area contributed by atoms with E-state index >= 15 is 0 Å². The van der Waals surface area contributed by atoms with Crippen LogP contribution in [0.15, 0.2) is 35.5 Å². The van der Waals surface area contributed by atoms with Gasteiger partial charge in [-0.2, -0.15) is 0 Å². The molecule has 0 saturated heterocycles. The monoisotopic (exact) mass is 378 g/mol. The highest BCUT2D eigenvalue weighted by Crippen LogP contribution is 2.48. The maximum absolute atomic E-state index is 10.6. The van der Waals surface area contributed by atoms with Crippen LogP contribution in [-0.4, -0.2) is 46.7 Å². The van der Waals surface area contributed by atoms with Gasteiger partial charge < -0.3 is 20.1 Å². The Balaban J connectivity index is 1.92. The second kappa shape index (κ2) is 10.8. The summed E-state index contributed by atoms with van der Waals surface area (Å²) in [5.74, 6) is -0.240. The lowest BCUT2D eigenvalue weighted by Crippen LogP contribution is -2.18. The number of unbranched alkanes of at least 4 members (excludes halogenated alkanes) is 2. The van der Waals surface area contributed by atoms with Crippen LogP contribution in [0.2, 0.25) is 0 Å². The summed E-state index contributed by atoms with van der Waals surface area (Å²) in [5.41, 5.74) is 2.23. The number of hydrogen-bond acceptors (Lipinski definition) is 4. The molecule has 1 fully saturated rings. The van der Waals surface area contributed by atoms with E-state index in [-0.39, 0.29) is 18.6 Å². The molecule has 27 heavy (non-hydrogen) atoms. The van der Waals surface area contributed by atoms with Crippen molar-refractivity contribution < 1.29 is 24.9 Å². The van der Waals surface area contributed by atoms with Gasteiger partial charge in [0.1, 0.15) is 6.61 Å². The highest BCUT2D eigenvalue weighted by atomic mass is 16.5. The topological polar surface area (TPSA) is 87.0 Å². The molecule has 5 atom stereocenters. The van der Waals surface area contributed by atoms with E-state index < -0.39 is 12.1 Å². The molecule has 152 valence electrons. The van der Waals surface area contributed by atoms with Gasteiger partial charge in [0.05, 0.1) is 18.8 Å². The number of fused-ring (bicyclic) bond motifs is 1. The van der Waals surface area contributed by atoms with Crippen LogP contribution in [0, 0.1) is 17.8 Å². The van der Waals surface area contributed by atoms with Crippen molar-refractivity contribution in [2.24, 2.45) is 17.8 Å². The van der Waals surface area contributed by atoms with Crippen LogP contribution < -0.4 is 0 Å². The van der Waals surface area contributed by atoms with Crippen molar-refractivity contribution in [3.05, 3.63) is 35.5 Å². The van der Waals surface area contributed by atoms with Crippen LogP contribution in [0.3, 0.4) is 0 Å². The first-order chi connectivity index (χ1) is 13.0. The zero-order valence-corrected chi connectivity index (χ0v) is 16.5. The van der Waals surface area contributed by atoms with Gasteiger partial charge >= 0.3 is 5.97 Å². The summed E-state index contributed by atoms with van der Waals surface area (Å²) in [7, 11) is 0. The largest absolute Gasteiger partial charge is 0.480 e. The number of carboxylic acid groups (broad SMARTS) is 1. The summed E-state index contributed by atoms with van der Waals surface area (Å²) in [5, 5.41) is 29.3. The smallest absolute Gasteiger partial charge is 0.329 e. The Labute approximate surface area is 162 Å². The first kappa shape index (κ1) is 21.9. The number of aliphatic hydroxyl groups excluding tert-OH is 2. The van der Waals surface area contributed by atoms with E-state index in [4.69, 9.17) is 9.84 Å². The van der Waals surface area contributed by atoms with Crippen LogP contribution in [-0.2, 0) is 9.53 Å². The molecule has 5 nitrogen and oxygen atoms in total. The molecular weight excluding hydrogens is 344 g/mol. The number of allylic oxidation sites excluding steroid dienone is 2. The molecule has 2 aliphatic rings. The van der Waals surface area contributed by atoms with E-state index in [0.29, 0.717) is 18.4 Å². The van der Waals surface area contributed by atoms with Crippen LogP contribution in [0.25, 0.3) is 0 Å². The number of hydrogen-bond donors (Lipinski definition) is 3. The zero-order chi connectivity index (χ0) is 19.8.